The molecule has 1 heterocycles. The Labute approximate surface area is 80.4 Å². The fourth-order valence-electron chi connectivity index (χ4n) is 1.03. The largest absolute Gasteiger partial charge is 0.465 e. The van der Waals surface area contributed by atoms with Gasteiger partial charge in [-0.05, 0) is 13.8 Å². The van der Waals surface area contributed by atoms with Crippen LogP contribution in [-0.2, 0) is 9.53 Å². The maximum absolute atomic E-state index is 11.3. The lowest BCUT2D eigenvalue weighted by Crippen LogP contribution is -2.38. The molecule has 0 saturated carbocycles. The van der Waals surface area contributed by atoms with Crippen molar-refractivity contribution in [3.8, 4) is 0 Å². The first-order valence-corrected chi connectivity index (χ1v) is 4.76. The summed E-state index contributed by atoms with van der Waals surface area (Å²) in [6, 6.07) is 0. The Morgan fingerprint density at radius 1 is 1.92 bits per heavy atom. The van der Waals surface area contributed by atoms with Gasteiger partial charge in [0.25, 0.3) is 0 Å². The number of carbonyl (C=O) groups excluding carboxylic acids is 1. The molecule has 2 unspecified atom stereocenters. The summed E-state index contributed by atoms with van der Waals surface area (Å²) in [7, 11) is 0. The summed E-state index contributed by atoms with van der Waals surface area (Å²) in [6.07, 6.45) is 0. The summed E-state index contributed by atoms with van der Waals surface area (Å²) >= 11 is 1.02. The molecule has 1 rings (SSSR count). The van der Waals surface area contributed by atoms with Crippen LogP contribution in [-0.4, -0.2) is 33.8 Å². The van der Waals surface area contributed by atoms with Gasteiger partial charge in [-0.15, -0.1) is 0 Å². The number of ether oxygens (including phenoxy) is 1. The van der Waals surface area contributed by atoms with Crippen LogP contribution in [0.2, 0.25) is 0 Å². The average molecular weight is 204 g/mol. The fraction of sp³-hybridized carbons (Fsp3) is 0.714. The van der Waals surface area contributed by atoms with Crippen LogP contribution >= 0.6 is 11.8 Å². The van der Waals surface area contributed by atoms with Crippen LogP contribution in [0.4, 0.5) is 0 Å². The number of esters is 1. The van der Waals surface area contributed by atoms with Crippen molar-refractivity contribution in [2.24, 2.45) is 10.7 Å². The molecule has 3 N–H and O–H groups in total. The quantitative estimate of drug-likeness (QED) is 0.602. The first-order valence-electron chi connectivity index (χ1n) is 3.88. The number of amidine groups is 1. The van der Waals surface area contributed by atoms with E-state index in [0.717, 1.165) is 11.8 Å². The molecule has 5 nitrogen and oxygen atoms in total. The van der Waals surface area contributed by atoms with Crippen LogP contribution in [0.25, 0.3) is 0 Å². The van der Waals surface area contributed by atoms with Crippen molar-refractivity contribution < 1.29 is 14.6 Å². The second-order valence-electron chi connectivity index (χ2n) is 2.79. The molecule has 74 valence electrons. The number of aliphatic hydroxyl groups is 1. The zero-order valence-electron chi connectivity index (χ0n) is 7.48. The van der Waals surface area contributed by atoms with Crippen molar-refractivity contribution in [1.29, 1.82) is 0 Å². The summed E-state index contributed by atoms with van der Waals surface area (Å²) in [5.74, 6) is -0.485. The number of hydrogen-bond acceptors (Lipinski definition) is 6. The Hall–Kier alpha value is -0.750. The molecule has 1 aliphatic rings. The van der Waals surface area contributed by atoms with Gasteiger partial charge in [0.1, 0.15) is 0 Å². The first-order chi connectivity index (χ1) is 5.97. The monoisotopic (exact) mass is 204 g/mol. The van der Waals surface area contributed by atoms with Crippen LogP contribution in [0.5, 0.6) is 0 Å². The van der Waals surface area contributed by atoms with E-state index in [2.05, 4.69) is 4.99 Å². The van der Waals surface area contributed by atoms with Gasteiger partial charge in [0, 0.05) is 0 Å². The first kappa shape index (κ1) is 10.3. The summed E-state index contributed by atoms with van der Waals surface area (Å²) in [6.45, 7) is 3.42. The van der Waals surface area contributed by atoms with E-state index in [1.54, 1.807) is 6.92 Å². The summed E-state index contributed by atoms with van der Waals surface area (Å²) < 4.78 is 4.76. The number of nitrogens with zero attached hydrogens (tertiary/aromatic N) is 1. The molecular formula is C7H12N2O3S. The van der Waals surface area contributed by atoms with Crippen LogP contribution in [0.3, 0.4) is 0 Å². The molecule has 13 heavy (non-hydrogen) atoms. The lowest BCUT2D eigenvalue weighted by Gasteiger charge is -2.19. The number of nitrogens with two attached hydrogens (primary N) is 1. The molecule has 0 amide bonds. The van der Waals surface area contributed by atoms with E-state index in [9.17, 15) is 9.90 Å². The van der Waals surface area contributed by atoms with Crippen molar-refractivity contribution >= 4 is 22.9 Å². The molecule has 6 heteroatoms. The zero-order valence-corrected chi connectivity index (χ0v) is 8.30. The topological polar surface area (TPSA) is 84.9 Å². The number of aliphatic imine (C=N–C) groups is 1. The molecule has 1 aliphatic heterocycles. The van der Waals surface area contributed by atoms with E-state index in [4.69, 9.17) is 10.5 Å². The highest BCUT2D eigenvalue weighted by Gasteiger charge is 2.44. The Morgan fingerprint density at radius 3 is 2.92 bits per heavy atom. The van der Waals surface area contributed by atoms with E-state index in [1.807, 2.05) is 0 Å². The second kappa shape index (κ2) is 3.55. The highest BCUT2D eigenvalue weighted by molar-refractivity contribution is 8.15. The predicted molar refractivity (Wildman–Crippen MR) is 50.3 cm³/mol. The smallest absolute Gasteiger partial charge is 0.324 e. The Morgan fingerprint density at radius 2 is 2.54 bits per heavy atom. The van der Waals surface area contributed by atoms with Gasteiger partial charge in [0.15, 0.2) is 16.1 Å². The van der Waals surface area contributed by atoms with E-state index < -0.39 is 16.9 Å². The zero-order chi connectivity index (χ0) is 10.1. The normalized spacial score (nSPS) is 32.8. The summed E-state index contributed by atoms with van der Waals surface area (Å²) in [5.41, 5.74) is 3.94. The van der Waals surface area contributed by atoms with Crippen molar-refractivity contribution in [3.05, 3.63) is 0 Å². The van der Waals surface area contributed by atoms with Crippen molar-refractivity contribution in [3.63, 3.8) is 0 Å². The maximum atomic E-state index is 11.3. The van der Waals surface area contributed by atoms with E-state index in [1.165, 1.54) is 6.92 Å². The van der Waals surface area contributed by atoms with Crippen molar-refractivity contribution in [2.45, 2.75) is 24.8 Å². The van der Waals surface area contributed by atoms with Crippen LogP contribution in [0, 0.1) is 0 Å². The third kappa shape index (κ3) is 2.13. The van der Waals surface area contributed by atoms with E-state index >= 15 is 0 Å². The molecule has 0 radical (unpaired) electrons. The van der Waals surface area contributed by atoms with E-state index in [0.29, 0.717) is 0 Å². The third-order valence-corrected chi connectivity index (χ3v) is 2.78. The molecule has 0 bridgehead atoms. The molecule has 0 aromatic rings. The minimum atomic E-state index is -1.44. The average Bonchev–Trinajstić information content (AvgIpc) is 2.24. The Bertz CT molecular complexity index is 252. The van der Waals surface area contributed by atoms with Gasteiger partial charge in [-0.1, -0.05) is 11.8 Å². The van der Waals surface area contributed by atoms with E-state index in [-0.39, 0.29) is 11.8 Å². The van der Waals surface area contributed by atoms with Gasteiger partial charge >= 0.3 is 5.97 Å². The van der Waals surface area contributed by atoms with Gasteiger partial charge in [-0.2, -0.15) is 0 Å². The van der Waals surface area contributed by atoms with Gasteiger partial charge < -0.3 is 15.6 Å². The van der Waals surface area contributed by atoms with Gasteiger partial charge in [-0.25, -0.2) is 4.99 Å². The highest BCUT2D eigenvalue weighted by atomic mass is 32.2. The predicted octanol–water partition coefficient (Wildman–Crippen LogP) is -0.312. The van der Waals surface area contributed by atoms with Crippen LogP contribution in [0.1, 0.15) is 13.8 Å². The third-order valence-electron chi connectivity index (χ3n) is 1.57. The lowest BCUT2D eigenvalue weighted by molar-refractivity contribution is -0.146. The minimum absolute atomic E-state index is 0.211. The second-order valence-corrected chi connectivity index (χ2v) is 3.92. The van der Waals surface area contributed by atoms with Crippen LogP contribution < -0.4 is 5.73 Å². The van der Waals surface area contributed by atoms with Crippen molar-refractivity contribution in [1.82, 2.24) is 0 Å². The molecule has 0 aromatic heterocycles. The standard InChI is InChI=1S/C7H12N2O3S/c1-3-12-5(10)4-7(2,11)9-6(8)13-4/h4,11H,3H2,1-2H3,(H2,8,9). The SMILES string of the molecule is CCOC(=O)C1SC(N)=NC1(C)O. The molecule has 0 aliphatic carbocycles. The number of hydrogen-bond donors (Lipinski definition) is 2. The Balaban J connectivity index is 2.69. The van der Waals surface area contributed by atoms with Gasteiger partial charge in [0.2, 0.25) is 0 Å². The number of carbonyl (C=O) groups is 1. The lowest BCUT2D eigenvalue weighted by atomic mass is 10.2. The molecule has 2 atom stereocenters. The summed E-state index contributed by atoms with van der Waals surface area (Å²) in [5, 5.41) is 9.10. The molecule has 0 fully saturated rings. The highest BCUT2D eigenvalue weighted by Crippen LogP contribution is 2.32. The van der Waals surface area contributed by atoms with Crippen LogP contribution in [0.15, 0.2) is 4.99 Å². The number of thioether (sulfide) groups is 1. The minimum Gasteiger partial charge on any atom is -0.465 e. The fourth-order valence-corrected chi connectivity index (χ4v) is 1.95. The number of rotatable bonds is 2. The van der Waals surface area contributed by atoms with Gasteiger partial charge in [0.05, 0.1) is 6.61 Å². The van der Waals surface area contributed by atoms with Crippen molar-refractivity contribution in [2.75, 3.05) is 6.61 Å². The summed E-state index contributed by atoms with van der Waals surface area (Å²) in [4.78, 5) is 15.0. The molecule has 0 spiro atoms. The molecule has 0 aromatic carbocycles. The molecular weight excluding hydrogens is 192 g/mol. The molecule has 0 saturated heterocycles. The maximum Gasteiger partial charge on any atom is 0.324 e. The van der Waals surface area contributed by atoms with Gasteiger partial charge in [-0.3, -0.25) is 4.79 Å². The Kier molecular flexibility index (Phi) is 2.82.